The van der Waals surface area contributed by atoms with Crippen LogP contribution >= 0.6 is 0 Å². The van der Waals surface area contributed by atoms with Crippen molar-refractivity contribution in [2.75, 3.05) is 13.2 Å². The van der Waals surface area contributed by atoms with Gasteiger partial charge in [-0.2, -0.15) is 0 Å². The Labute approximate surface area is 113 Å². The summed E-state index contributed by atoms with van der Waals surface area (Å²) in [6, 6.07) is 0. The summed E-state index contributed by atoms with van der Waals surface area (Å²) in [6.45, 7) is 3.20. The van der Waals surface area contributed by atoms with Gasteiger partial charge in [0.05, 0.1) is 12.6 Å². The molecule has 0 heterocycles. The van der Waals surface area contributed by atoms with Crippen LogP contribution < -0.4 is 10.2 Å². The molecular weight excluding hydrogens is 295 g/mol. The molecule has 0 aromatic rings. The second kappa shape index (κ2) is 14.5. The Balaban J connectivity index is -0.000000214. The van der Waals surface area contributed by atoms with E-state index in [9.17, 15) is 24.6 Å². The summed E-state index contributed by atoms with van der Waals surface area (Å²) < 4.78 is 4.67. The Bertz CT molecular complexity index is 204. The average molecular weight is 309 g/mol. The second-order valence-electron chi connectivity index (χ2n) is 2.62. The number of carboxylic acids is 2. The first kappa shape index (κ1) is 20.8. The molecule has 0 saturated carbocycles. The number of hydrogen-bond acceptors (Lipinski definition) is 6. The molecule has 0 fully saturated rings. The normalized spacial score (nSPS) is 8.12. The van der Waals surface area contributed by atoms with E-state index < -0.39 is 17.7 Å². The van der Waals surface area contributed by atoms with E-state index in [4.69, 9.17) is 0 Å². The first-order chi connectivity index (χ1) is 6.91. The van der Waals surface area contributed by atoms with Crippen LogP contribution in [0.5, 0.6) is 0 Å². The fraction of sp³-hybridized carbons (Fsp3) is 0.667. The summed E-state index contributed by atoms with van der Waals surface area (Å²) in [6.07, 6.45) is 1.93. The maximum Gasteiger partial charge on any atom is 2.00 e. The van der Waals surface area contributed by atoms with E-state index in [0.29, 0.717) is 6.61 Å². The van der Waals surface area contributed by atoms with Crippen LogP contribution in [0, 0.1) is 0 Å². The Hall–Kier alpha value is -0.547. The third kappa shape index (κ3) is 23.3. The monoisotopic (exact) mass is 308 g/mol. The third-order valence-corrected chi connectivity index (χ3v) is 1.15. The number of unbranched alkanes of at least 4 members (excludes halogenated alkanes) is 1. The van der Waals surface area contributed by atoms with E-state index in [1.807, 2.05) is 6.92 Å². The number of carbonyl (C=O) groups excluding carboxylic acids is 3. The molecule has 0 radical (unpaired) electrons. The van der Waals surface area contributed by atoms with Gasteiger partial charge in [-0.25, -0.2) is 0 Å². The SMILES string of the molecule is CC(=O)C(=O)[O-].CCCCOCC(=O)[O-].[Zr+2]. The molecule has 0 aliphatic rings. The predicted octanol–water partition coefficient (Wildman–Crippen LogP) is -2.12. The maximum atomic E-state index is 9.73. The van der Waals surface area contributed by atoms with Gasteiger partial charge in [0.2, 0.25) is 0 Å². The van der Waals surface area contributed by atoms with Crippen LogP contribution in [0.25, 0.3) is 0 Å². The molecule has 0 saturated heterocycles. The van der Waals surface area contributed by atoms with E-state index in [0.717, 1.165) is 19.8 Å². The number of hydrogen-bond donors (Lipinski definition) is 0. The van der Waals surface area contributed by atoms with Crippen molar-refractivity contribution in [1.82, 2.24) is 0 Å². The molecule has 0 atom stereocenters. The van der Waals surface area contributed by atoms with Crippen LogP contribution in [-0.4, -0.2) is 30.9 Å². The third-order valence-electron chi connectivity index (χ3n) is 1.15. The van der Waals surface area contributed by atoms with Gasteiger partial charge in [-0.15, -0.1) is 0 Å². The van der Waals surface area contributed by atoms with Crippen molar-refractivity contribution in [3.8, 4) is 0 Å². The van der Waals surface area contributed by atoms with Crippen molar-refractivity contribution in [3.63, 3.8) is 0 Å². The van der Waals surface area contributed by atoms with E-state index in [1.165, 1.54) is 0 Å². The fourth-order valence-corrected chi connectivity index (χ4v) is 0.402. The molecule has 16 heavy (non-hydrogen) atoms. The summed E-state index contributed by atoms with van der Waals surface area (Å²) >= 11 is 0. The molecule has 0 aromatic heterocycles. The van der Waals surface area contributed by atoms with Gasteiger partial charge < -0.3 is 24.5 Å². The van der Waals surface area contributed by atoms with Crippen molar-refractivity contribution in [1.29, 1.82) is 0 Å². The van der Waals surface area contributed by atoms with Gasteiger partial charge in [-0.05, 0) is 6.42 Å². The fourth-order valence-electron chi connectivity index (χ4n) is 0.402. The van der Waals surface area contributed by atoms with Gasteiger partial charge in [0.15, 0.2) is 5.78 Å². The number of carboxylic acid groups (broad SMARTS) is 2. The first-order valence-electron chi connectivity index (χ1n) is 4.41. The first-order valence-corrected chi connectivity index (χ1v) is 4.41. The molecule has 0 aliphatic heterocycles. The molecule has 0 unspecified atom stereocenters. The molecule has 6 nitrogen and oxygen atoms in total. The molecule has 0 aromatic carbocycles. The maximum absolute atomic E-state index is 9.73. The van der Waals surface area contributed by atoms with Gasteiger partial charge in [0.25, 0.3) is 0 Å². The average Bonchev–Trinajstić information content (AvgIpc) is 2.13. The summed E-state index contributed by atoms with van der Waals surface area (Å²) in [7, 11) is 0. The van der Waals surface area contributed by atoms with E-state index >= 15 is 0 Å². The van der Waals surface area contributed by atoms with E-state index in [-0.39, 0.29) is 32.8 Å². The van der Waals surface area contributed by atoms with Crippen molar-refractivity contribution in [3.05, 3.63) is 0 Å². The van der Waals surface area contributed by atoms with E-state index in [2.05, 4.69) is 4.74 Å². The Kier molecular flexibility index (Phi) is 18.8. The van der Waals surface area contributed by atoms with Crippen LogP contribution in [0.2, 0.25) is 0 Å². The summed E-state index contributed by atoms with van der Waals surface area (Å²) in [5, 5.41) is 19.0. The molecule has 0 N–H and O–H groups in total. The summed E-state index contributed by atoms with van der Waals surface area (Å²) in [5.74, 6) is -3.71. The Morgan fingerprint density at radius 1 is 1.19 bits per heavy atom. The van der Waals surface area contributed by atoms with Crippen LogP contribution in [-0.2, 0) is 45.3 Å². The van der Waals surface area contributed by atoms with Gasteiger partial charge in [-0.1, -0.05) is 13.3 Å². The van der Waals surface area contributed by atoms with Crippen LogP contribution in [0.4, 0.5) is 0 Å². The molecule has 0 spiro atoms. The van der Waals surface area contributed by atoms with Gasteiger partial charge in [-0.3, -0.25) is 4.79 Å². The quantitative estimate of drug-likeness (QED) is 0.410. The van der Waals surface area contributed by atoms with Crippen molar-refractivity contribution < 1.29 is 55.5 Å². The largest absolute Gasteiger partial charge is 2.00 e. The molecule has 0 rings (SSSR count). The van der Waals surface area contributed by atoms with Crippen LogP contribution in [0.1, 0.15) is 26.7 Å². The van der Waals surface area contributed by atoms with Crippen molar-refractivity contribution in [2.45, 2.75) is 26.7 Å². The Morgan fingerprint density at radius 2 is 1.62 bits per heavy atom. The minimum absolute atomic E-state index is 0. The molecule has 90 valence electrons. The zero-order valence-electron chi connectivity index (χ0n) is 9.28. The number of ether oxygens (including phenoxy) is 1. The molecule has 7 heteroatoms. The van der Waals surface area contributed by atoms with E-state index in [1.54, 1.807) is 0 Å². The topological polar surface area (TPSA) is 107 Å². The predicted molar refractivity (Wildman–Crippen MR) is 46.4 cm³/mol. The molecular formula is C9H14O6Zr. The standard InChI is InChI=1S/C6H12O3.C3H4O3.Zr/c1-2-3-4-9-5-6(7)8;1-2(4)3(5)6;/h2-5H2,1H3,(H,7,8);1H3,(H,5,6);/q;;+2/p-2. The molecule has 0 aliphatic carbocycles. The smallest absolute Gasteiger partial charge is 0.548 e. The minimum Gasteiger partial charge on any atom is -0.548 e. The number of ketones is 1. The summed E-state index contributed by atoms with van der Waals surface area (Å²) in [4.78, 5) is 28.4. The molecule has 0 amide bonds. The Morgan fingerprint density at radius 3 is 1.88 bits per heavy atom. The molecule has 0 bridgehead atoms. The van der Waals surface area contributed by atoms with Crippen LogP contribution in [0.3, 0.4) is 0 Å². The van der Waals surface area contributed by atoms with Gasteiger partial charge >= 0.3 is 26.2 Å². The van der Waals surface area contributed by atoms with Crippen molar-refractivity contribution in [2.24, 2.45) is 0 Å². The zero-order valence-corrected chi connectivity index (χ0v) is 11.7. The second-order valence-corrected chi connectivity index (χ2v) is 2.62. The zero-order chi connectivity index (χ0) is 12.3. The minimum atomic E-state index is -1.63. The summed E-state index contributed by atoms with van der Waals surface area (Å²) in [5.41, 5.74) is 0. The van der Waals surface area contributed by atoms with Crippen LogP contribution in [0.15, 0.2) is 0 Å². The number of Topliss-reactive ketones (excluding diaryl/α,β-unsaturated/α-hetero) is 1. The van der Waals surface area contributed by atoms with Gasteiger partial charge in [0.1, 0.15) is 5.97 Å². The number of aliphatic carboxylic acids is 2. The van der Waals surface area contributed by atoms with Gasteiger partial charge in [0, 0.05) is 13.5 Å². The van der Waals surface area contributed by atoms with Crippen molar-refractivity contribution >= 4 is 17.7 Å². The number of rotatable bonds is 6. The number of carbonyl (C=O) groups is 3.